The van der Waals surface area contributed by atoms with Crippen LogP contribution in [0.5, 0.6) is 0 Å². The molecule has 0 atom stereocenters. The smallest absolute Gasteiger partial charge is 0.255 e. The van der Waals surface area contributed by atoms with Crippen molar-refractivity contribution in [1.82, 2.24) is 20.2 Å². The van der Waals surface area contributed by atoms with Gasteiger partial charge in [-0.3, -0.25) is 19.6 Å². The Morgan fingerprint density at radius 3 is 2.54 bits per heavy atom. The fraction of sp³-hybridized carbons (Fsp3) is 0.400. The van der Waals surface area contributed by atoms with Gasteiger partial charge in [-0.2, -0.15) is 0 Å². The second kappa shape index (κ2) is 8.56. The highest BCUT2D eigenvalue weighted by atomic mass is 16.2. The Labute approximate surface area is 153 Å². The number of amides is 2. The third-order valence-electron chi connectivity index (χ3n) is 4.77. The highest BCUT2D eigenvalue weighted by Crippen LogP contribution is 2.18. The van der Waals surface area contributed by atoms with Crippen molar-refractivity contribution in [3.05, 3.63) is 59.7 Å². The number of pyridine rings is 2. The Bertz CT molecular complexity index is 757. The van der Waals surface area contributed by atoms with Crippen molar-refractivity contribution in [3.8, 4) is 0 Å². The molecule has 2 aromatic heterocycles. The van der Waals surface area contributed by atoms with Crippen molar-refractivity contribution in [3.63, 3.8) is 0 Å². The summed E-state index contributed by atoms with van der Waals surface area (Å²) in [6.45, 7) is 0.585. The summed E-state index contributed by atoms with van der Waals surface area (Å²) in [6.07, 6.45) is 11.6. The van der Waals surface area contributed by atoms with E-state index in [1.54, 1.807) is 30.4 Å². The molecule has 6 heteroatoms. The minimum absolute atomic E-state index is 0.137. The van der Waals surface area contributed by atoms with Crippen LogP contribution in [0, 0.1) is 0 Å². The Morgan fingerprint density at radius 2 is 1.81 bits per heavy atom. The van der Waals surface area contributed by atoms with Crippen molar-refractivity contribution in [2.45, 2.75) is 38.1 Å². The lowest BCUT2D eigenvalue weighted by atomic mass is 10.1. The highest BCUT2D eigenvalue weighted by molar-refractivity contribution is 5.99. The van der Waals surface area contributed by atoms with E-state index in [1.807, 2.05) is 12.1 Å². The molecule has 3 rings (SSSR count). The Morgan fingerprint density at radius 1 is 1.12 bits per heavy atom. The monoisotopic (exact) mass is 352 g/mol. The molecule has 1 aliphatic rings. The van der Waals surface area contributed by atoms with Gasteiger partial charge in [0.1, 0.15) is 0 Å². The molecule has 1 N–H and O–H groups in total. The minimum atomic E-state index is -0.154. The molecule has 26 heavy (non-hydrogen) atoms. The molecule has 2 heterocycles. The molecule has 136 valence electrons. The maximum Gasteiger partial charge on any atom is 0.255 e. The normalized spacial score (nSPS) is 14.2. The quantitative estimate of drug-likeness (QED) is 0.866. The van der Waals surface area contributed by atoms with Gasteiger partial charge < -0.3 is 10.2 Å². The SMILES string of the molecule is CN(CCc1ccncc1)C(=O)c1cncc(C(=O)NC2CCCC2)c1. The molecule has 0 radical (unpaired) electrons. The molecule has 2 aromatic rings. The molecule has 0 spiro atoms. The summed E-state index contributed by atoms with van der Waals surface area (Å²) in [5.74, 6) is -0.291. The van der Waals surface area contributed by atoms with Crippen LogP contribution in [0.2, 0.25) is 0 Å². The van der Waals surface area contributed by atoms with Gasteiger partial charge in [0.15, 0.2) is 0 Å². The Hall–Kier alpha value is -2.76. The number of carbonyl (C=O) groups is 2. The van der Waals surface area contributed by atoms with Crippen LogP contribution < -0.4 is 5.32 Å². The van der Waals surface area contributed by atoms with E-state index in [9.17, 15) is 9.59 Å². The van der Waals surface area contributed by atoms with Crippen LogP contribution in [0.15, 0.2) is 43.0 Å². The summed E-state index contributed by atoms with van der Waals surface area (Å²) in [4.78, 5) is 34.7. The largest absolute Gasteiger partial charge is 0.349 e. The van der Waals surface area contributed by atoms with Gasteiger partial charge in [0, 0.05) is 44.4 Å². The van der Waals surface area contributed by atoms with Crippen LogP contribution >= 0.6 is 0 Å². The highest BCUT2D eigenvalue weighted by Gasteiger charge is 2.19. The maximum atomic E-state index is 12.6. The van der Waals surface area contributed by atoms with Crippen LogP contribution in [0.1, 0.15) is 52.0 Å². The molecule has 1 aliphatic carbocycles. The maximum absolute atomic E-state index is 12.6. The van der Waals surface area contributed by atoms with Gasteiger partial charge in [-0.15, -0.1) is 0 Å². The lowest BCUT2D eigenvalue weighted by Crippen LogP contribution is -2.33. The zero-order chi connectivity index (χ0) is 18.4. The molecular formula is C20H24N4O2. The molecule has 0 saturated heterocycles. The van der Waals surface area contributed by atoms with Crippen molar-refractivity contribution >= 4 is 11.8 Å². The van der Waals surface area contributed by atoms with E-state index in [1.165, 1.54) is 12.4 Å². The molecule has 0 bridgehead atoms. The summed E-state index contributed by atoms with van der Waals surface area (Å²) in [5.41, 5.74) is 1.99. The van der Waals surface area contributed by atoms with Crippen LogP contribution in [0.4, 0.5) is 0 Å². The number of likely N-dealkylation sites (N-methyl/N-ethyl adjacent to an activating group) is 1. The van der Waals surface area contributed by atoms with Gasteiger partial charge in [0.25, 0.3) is 11.8 Å². The van der Waals surface area contributed by atoms with E-state index in [2.05, 4.69) is 15.3 Å². The van der Waals surface area contributed by atoms with Crippen LogP contribution in [0.25, 0.3) is 0 Å². The fourth-order valence-electron chi connectivity index (χ4n) is 3.19. The van der Waals surface area contributed by atoms with Crippen molar-refractivity contribution in [1.29, 1.82) is 0 Å². The molecule has 1 saturated carbocycles. The molecule has 6 nitrogen and oxygen atoms in total. The molecule has 1 fully saturated rings. The zero-order valence-corrected chi connectivity index (χ0v) is 15.0. The van der Waals surface area contributed by atoms with Gasteiger partial charge in [0.05, 0.1) is 11.1 Å². The first-order valence-electron chi connectivity index (χ1n) is 9.04. The predicted octanol–water partition coefficient (Wildman–Crippen LogP) is 2.46. The van der Waals surface area contributed by atoms with Crippen molar-refractivity contribution in [2.24, 2.45) is 0 Å². The van der Waals surface area contributed by atoms with E-state index in [-0.39, 0.29) is 17.9 Å². The average Bonchev–Trinajstić information content (AvgIpc) is 3.19. The number of nitrogens with zero attached hydrogens (tertiary/aromatic N) is 3. The van der Waals surface area contributed by atoms with Crippen molar-refractivity contribution < 1.29 is 9.59 Å². The van der Waals surface area contributed by atoms with E-state index in [0.717, 1.165) is 37.7 Å². The molecule has 0 aliphatic heterocycles. The zero-order valence-electron chi connectivity index (χ0n) is 15.0. The van der Waals surface area contributed by atoms with Gasteiger partial charge in [-0.1, -0.05) is 12.8 Å². The minimum Gasteiger partial charge on any atom is -0.349 e. The van der Waals surface area contributed by atoms with Crippen molar-refractivity contribution in [2.75, 3.05) is 13.6 Å². The summed E-state index contributed by atoms with van der Waals surface area (Å²) in [7, 11) is 1.76. The summed E-state index contributed by atoms with van der Waals surface area (Å²) in [6, 6.07) is 5.74. The van der Waals surface area contributed by atoms with E-state index in [0.29, 0.717) is 17.7 Å². The summed E-state index contributed by atoms with van der Waals surface area (Å²) >= 11 is 0. The van der Waals surface area contributed by atoms with Gasteiger partial charge in [-0.25, -0.2) is 0 Å². The lowest BCUT2D eigenvalue weighted by molar-refractivity contribution is 0.0796. The topological polar surface area (TPSA) is 75.2 Å². The van der Waals surface area contributed by atoms with E-state index < -0.39 is 0 Å². The number of carbonyl (C=O) groups excluding carboxylic acids is 2. The Balaban J connectivity index is 1.60. The lowest BCUT2D eigenvalue weighted by Gasteiger charge is -2.17. The molecule has 2 amide bonds. The van der Waals surface area contributed by atoms with Crippen LogP contribution in [-0.4, -0.2) is 46.3 Å². The average molecular weight is 352 g/mol. The van der Waals surface area contributed by atoms with E-state index >= 15 is 0 Å². The molecule has 0 aromatic carbocycles. The molecular weight excluding hydrogens is 328 g/mol. The number of aromatic nitrogens is 2. The van der Waals surface area contributed by atoms with E-state index in [4.69, 9.17) is 0 Å². The first-order chi connectivity index (χ1) is 12.6. The summed E-state index contributed by atoms with van der Waals surface area (Å²) < 4.78 is 0. The number of rotatable bonds is 6. The molecule has 0 unspecified atom stereocenters. The van der Waals surface area contributed by atoms with Gasteiger partial charge >= 0.3 is 0 Å². The third kappa shape index (κ3) is 4.65. The van der Waals surface area contributed by atoms with Gasteiger partial charge in [-0.05, 0) is 43.0 Å². The predicted molar refractivity (Wildman–Crippen MR) is 98.9 cm³/mol. The summed E-state index contributed by atoms with van der Waals surface area (Å²) in [5, 5.41) is 3.03. The third-order valence-corrected chi connectivity index (χ3v) is 4.77. The second-order valence-corrected chi connectivity index (χ2v) is 6.75. The van der Waals surface area contributed by atoms with Gasteiger partial charge in [0.2, 0.25) is 0 Å². The standard InChI is InChI=1S/C20H24N4O2/c1-24(11-8-15-6-9-21-10-7-15)20(26)17-12-16(13-22-14-17)19(25)23-18-4-2-3-5-18/h6-7,9-10,12-14,18H,2-5,8,11H2,1H3,(H,23,25). The first-order valence-corrected chi connectivity index (χ1v) is 9.04. The van der Waals surface area contributed by atoms with Crippen LogP contribution in [-0.2, 0) is 6.42 Å². The number of hydrogen-bond donors (Lipinski definition) is 1. The second-order valence-electron chi connectivity index (χ2n) is 6.75. The first kappa shape index (κ1) is 18.0. The van der Waals surface area contributed by atoms with Crippen LogP contribution in [0.3, 0.4) is 0 Å². The fourth-order valence-corrected chi connectivity index (χ4v) is 3.19. The Kier molecular flexibility index (Phi) is 5.94. The number of nitrogens with one attached hydrogen (secondary N) is 1. The number of hydrogen-bond acceptors (Lipinski definition) is 4.